The Kier molecular flexibility index (Phi) is 5.33. The highest BCUT2D eigenvalue weighted by Crippen LogP contribution is 2.25. The van der Waals surface area contributed by atoms with Crippen LogP contribution in [0.5, 0.6) is 0 Å². The second kappa shape index (κ2) is 6.90. The van der Waals surface area contributed by atoms with E-state index in [2.05, 4.69) is 25.4 Å². The number of aryl methyl sites for hydroxylation is 1. The monoisotopic (exact) mass is 417 g/mol. The number of halogens is 2. The number of benzene rings is 2. The summed E-state index contributed by atoms with van der Waals surface area (Å²) in [5.74, 6) is -0.702. The number of methoxy groups -OCH3 is 1. The van der Waals surface area contributed by atoms with E-state index in [-0.39, 0.29) is 15.5 Å². The first-order chi connectivity index (χ1) is 10.7. The Balaban J connectivity index is 2.39. The number of carbonyl (C=O) groups is 1. The summed E-state index contributed by atoms with van der Waals surface area (Å²) in [6.07, 6.45) is 0. The van der Waals surface area contributed by atoms with Crippen molar-refractivity contribution in [1.29, 1.82) is 0 Å². The summed E-state index contributed by atoms with van der Waals surface area (Å²) in [6, 6.07) is 8.92. The fraction of sp³-hybridized carbons (Fsp3) is 0.133. The average molecular weight is 419 g/mol. The predicted octanol–water partition coefficient (Wildman–Crippen LogP) is 4.00. The van der Waals surface area contributed by atoms with Crippen LogP contribution in [0.25, 0.3) is 0 Å². The van der Waals surface area contributed by atoms with Crippen LogP contribution in [0.15, 0.2) is 45.8 Å². The van der Waals surface area contributed by atoms with Gasteiger partial charge in [-0.2, -0.15) is 0 Å². The molecule has 122 valence electrons. The molecule has 0 saturated heterocycles. The van der Waals surface area contributed by atoms with Crippen molar-refractivity contribution in [3.63, 3.8) is 0 Å². The summed E-state index contributed by atoms with van der Waals surface area (Å²) >= 11 is 9.25. The number of ether oxygens (including phenoxy) is 1. The van der Waals surface area contributed by atoms with Gasteiger partial charge in [0.25, 0.3) is 10.0 Å². The van der Waals surface area contributed by atoms with Gasteiger partial charge in [-0.3, -0.25) is 4.72 Å². The summed E-state index contributed by atoms with van der Waals surface area (Å²) in [5.41, 5.74) is 1.29. The molecule has 1 N–H and O–H groups in total. The molecule has 0 bridgehead atoms. The number of esters is 1. The second-order valence-corrected chi connectivity index (χ2v) is 7.65. The number of anilines is 1. The Hall–Kier alpha value is -1.57. The molecule has 23 heavy (non-hydrogen) atoms. The van der Waals surface area contributed by atoms with Crippen molar-refractivity contribution >= 4 is 49.2 Å². The van der Waals surface area contributed by atoms with Crippen LogP contribution in [0.2, 0.25) is 5.02 Å². The largest absolute Gasteiger partial charge is 0.465 e. The maximum Gasteiger partial charge on any atom is 0.339 e. The molecule has 0 spiro atoms. The van der Waals surface area contributed by atoms with E-state index >= 15 is 0 Å². The third-order valence-corrected chi connectivity index (χ3v) is 5.66. The molecule has 0 amide bonds. The van der Waals surface area contributed by atoms with E-state index in [0.717, 1.165) is 10.0 Å². The molecule has 8 heteroatoms. The van der Waals surface area contributed by atoms with Crippen molar-refractivity contribution < 1.29 is 17.9 Å². The van der Waals surface area contributed by atoms with Crippen molar-refractivity contribution in [3.05, 3.63) is 57.0 Å². The predicted molar refractivity (Wildman–Crippen MR) is 92.5 cm³/mol. The van der Waals surface area contributed by atoms with Gasteiger partial charge in [0.1, 0.15) is 0 Å². The van der Waals surface area contributed by atoms with Gasteiger partial charge in [0.05, 0.1) is 22.6 Å². The van der Waals surface area contributed by atoms with Crippen LogP contribution in [0.1, 0.15) is 15.9 Å². The van der Waals surface area contributed by atoms with Crippen LogP contribution in [0.3, 0.4) is 0 Å². The standard InChI is InChI=1S/C15H13BrClNO4S/c1-9-7-10(3-5-13(9)16)18-23(20,21)11-4-6-14(17)12(8-11)15(19)22-2/h3-8,18H,1-2H3. The van der Waals surface area contributed by atoms with E-state index in [0.29, 0.717) is 5.69 Å². The highest BCUT2D eigenvalue weighted by atomic mass is 79.9. The van der Waals surface area contributed by atoms with E-state index in [1.54, 1.807) is 18.2 Å². The SMILES string of the molecule is COC(=O)c1cc(S(=O)(=O)Nc2ccc(Br)c(C)c2)ccc1Cl. The van der Waals surface area contributed by atoms with Crippen LogP contribution in [-0.4, -0.2) is 21.5 Å². The summed E-state index contributed by atoms with van der Waals surface area (Å²) in [4.78, 5) is 11.5. The molecule has 0 fully saturated rings. The Morgan fingerprint density at radius 3 is 2.52 bits per heavy atom. The smallest absolute Gasteiger partial charge is 0.339 e. The minimum Gasteiger partial charge on any atom is -0.465 e. The molecule has 2 aromatic rings. The van der Waals surface area contributed by atoms with E-state index < -0.39 is 16.0 Å². The van der Waals surface area contributed by atoms with Crippen molar-refractivity contribution in [2.45, 2.75) is 11.8 Å². The van der Waals surface area contributed by atoms with E-state index in [9.17, 15) is 13.2 Å². The van der Waals surface area contributed by atoms with Crippen molar-refractivity contribution in [1.82, 2.24) is 0 Å². The minimum absolute atomic E-state index is 0.0102. The Morgan fingerprint density at radius 1 is 1.22 bits per heavy atom. The first kappa shape index (κ1) is 17.8. The Bertz CT molecular complexity index is 868. The number of rotatable bonds is 4. The highest BCUT2D eigenvalue weighted by molar-refractivity contribution is 9.10. The minimum atomic E-state index is -3.86. The third-order valence-electron chi connectivity index (χ3n) is 3.06. The van der Waals surface area contributed by atoms with Crippen molar-refractivity contribution in [3.8, 4) is 0 Å². The van der Waals surface area contributed by atoms with E-state index in [4.69, 9.17) is 11.6 Å². The van der Waals surface area contributed by atoms with Crippen molar-refractivity contribution in [2.75, 3.05) is 11.8 Å². The lowest BCUT2D eigenvalue weighted by molar-refractivity contribution is 0.0600. The van der Waals surface area contributed by atoms with Gasteiger partial charge in [0.2, 0.25) is 0 Å². The first-order valence-electron chi connectivity index (χ1n) is 6.41. The van der Waals surface area contributed by atoms with Gasteiger partial charge in [-0.15, -0.1) is 0 Å². The Labute approximate surface area is 147 Å². The van der Waals surface area contributed by atoms with Gasteiger partial charge in [-0.05, 0) is 48.9 Å². The summed E-state index contributed by atoms with van der Waals surface area (Å²) < 4.78 is 32.8. The second-order valence-electron chi connectivity index (χ2n) is 4.70. The number of nitrogens with one attached hydrogen (secondary N) is 1. The fourth-order valence-electron chi connectivity index (χ4n) is 1.86. The lowest BCUT2D eigenvalue weighted by Crippen LogP contribution is -2.14. The molecule has 0 aliphatic heterocycles. The molecular weight excluding hydrogens is 406 g/mol. The quantitative estimate of drug-likeness (QED) is 0.762. The molecule has 0 aliphatic rings. The molecule has 5 nitrogen and oxygen atoms in total. The maximum absolute atomic E-state index is 12.5. The van der Waals surface area contributed by atoms with Crippen LogP contribution in [0.4, 0.5) is 5.69 Å². The highest BCUT2D eigenvalue weighted by Gasteiger charge is 2.19. The average Bonchev–Trinajstić information content (AvgIpc) is 2.50. The van der Waals surface area contributed by atoms with Crippen molar-refractivity contribution in [2.24, 2.45) is 0 Å². The molecule has 0 aromatic heterocycles. The van der Waals surface area contributed by atoms with E-state index in [1.807, 2.05) is 6.92 Å². The first-order valence-corrected chi connectivity index (χ1v) is 9.07. The maximum atomic E-state index is 12.5. The number of sulfonamides is 1. The van der Waals surface area contributed by atoms with Crippen LogP contribution >= 0.6 is 27.5 Å². The van der Waals surface area contributed by atoms with Crippen LogP contribution < -0.4 is 4.72 Å². The zero-order valence-corrected chi connectivity index (χ0v) is 15.4. The molecular formula is C15H13BrClNO4S. The van der Waals surface area contributed by atoms with Gasteiger partial charge in [-0.25, -0.2) is 13.2 Å². The van der Waals surface area contributed by atoms with Gasteiger partial charge in [-0.1, -0.05) is 27.5 Å². The molecule has 0 heterocycles. The van der Waals surface area contributed by atoms with E-state index in [1.165, 1.54) is 25.3 Å². The molecule has 0 radical (unpaired) electrons. The van der Waals surface area contributed by atoms with Gasteiger partial charge in [0.15, 0.2) is 0 Å². The summed E-state index contributed by atoms with van der Waals surface area (Å²) in [5, 5.41) is 0.121. The number of carbonyl (C=O) groups excluding carboxylic acids is 1. The van der Waals surface area contributed by atoms with Gasteiger partial charge >= 0.3 is 5.97 Å². The fourth-order valence-corrected chi connectivity index (χ4v) is 3.38. The number of hydrogen-bond acceptors (Lipinski definition) is 4. The van der Waals surface area contributed by atoms with Crippen LogP contribution in [-0.2, 0) is 14.8 Å². The third kappa shape index (κ3) is 4.04. The Morgan fingerprint density at radius 2 is 1.91 bits per heavy atom. The lowest BCUT2D eigenvalue weighted by atomic mass is 10.2. The number of hydrogen-bond donors (Lipinski definition) is 1. The molecule has 2 aromatic carbocycles. The van der Waals surface area contributed by atoms with Gasteiger partial charge in [0, 0.05) is 10.2 Å². The normalized spacial score (nSPS) is 11.1. The zero-order valence-electron chi connectivity index (χ0n) is 12.3. The zero-order chi connectivity index (χ0) is 17.2. The molecule has 0 saturated carbocycles. The lowest BCUT2D eigenvalue weighted by Gasteiger charge is -2.11. The topological polar surface area (TPSA) is 72.5 Å². The summed E-state index contributed by atoms with van der Waals surface area (Å²) in [7, 11) is -2.66. The molecule has 0 aliphatic carbocycles. The molecule has 0 atom stereocenters. The molecule has 2 rings (SSSR count). The van der Waals surface area contributed by atoms with Crippen LogP contribution in [0, 0.1) is 6.92 Å². The summed E-state index contributed by atoms with van der Waals surface area (Å²) in [6.45, 7) is 1.85. The van der Waals surface area contributed by atoms with Gasteiger partial charge < -0.3 is 4.74 Å². The molecule has 0 unspecified atom stereocenters.